The first kappa shape index (κ1) is 20.1. The van der Waals surface area contributed by atoms with Crippen molar-refractivity contribution in [3.63, 3.8) is 0 Å². The number of hydrogen-bond acceptors (Lipinski definition) is 4. The van der Waals surface area contributed by atoms with E-state index in [1.807, 2.05) is 0 Å². The zero-order valence-corrected chi connectivity index (χ0v) is 14.3. The van der Waals surface area contributed by atoms with Crippen LogP contribution in [0.15, 0.2) is 48.5 Å². The van der Waals surface area contributed by atoms with E-state index in [1.165, 1.54) is 18.2 Å². The Bertz CT molecular complexity index is 809. The van der Waals surface area contributed by atoms with Gasteiger partial charge in [-0.05, 0) is 42.8 Å². The monoisotopic (exact) mass is 382 g/mol. The van der Waals surface area contributed by atoms with Crippen molar-refractivity contribution >= 4 is 17.7 Å². The summed E-state index contributed by atoms with van der Waals surface area (Å²) in [6.45, 7) is 1.90. The fourth-order valence-electron chi connectivity index (χ4n) is 2.15. The van der Waals surface area contributed by atoms with Gasteiger partial charge in [-0.3, -0.25) is 0 Å². The number of esters is 1. The SMILES string of the molecule is CCOC(=O)c1cccc(NC(=O)NCc2cccc(OC(F)(F)F)c2)c1. The minimum atomic E-state index is -4.78. The van der Waals surface area contributed by atoms with Gasteiger partial charge in [-0.1, -0.05) is 18.2 Å². The molecule has 2 N–H and O–H groups in total. The number of nitrogens with one attached hydrogen (secondary N) is 2. The number of amides is 2. The Morgan fingerprint density at radius 2 is 1.81 bits per heavy atom. The third-order valence-electron chi connectivity index (χ3n) is 3.22. The van der Waals surface area contributed by atoms with Gasteiger partial charge in [0.05, 0.1) is 12.2 Å². The maximum atomic E-state index is 12.2. The fourth-order valence-corrected chi connectivity index (χ4v) is 2.15. The minimum Gasteiger partial charge on any atom is -0.462 e. The molecule has 0 unspecified atom stereocenters. The molecule has 0 aliphatic rings. The lowest BCUT2D eigenvalue weighted by Crippen LogP contribution is -2.28. The predicted molar refractivity (Wildman–Crippen MR) is 91.4 cm³/mol. The van der Waals surface area contributed by atoms with Crippen LogP contribution in [0.1, 0.15) is 22.8 Å². The Balaban J connectivity index is 1.92. The van der Waals surface area contributed by atoms with Crippen molar-refractivity contribution in [1.82, 2.24) is 5.32 Å². The van der Waals surface area contributed by atoms with Crippen molar-refractivity contribution in [3.8, 4) is 5.75 Å². The van der Waals surface area contributed by atoms with Crippen molar-refractivity contribution in [2.24, 2.45) is 0 Å². The smallest absolute Gasteiger partial charge is 0.462 e. The zero-order chi connectivity index (χ0) is 19.9. The molecule has 6 nitrogen and oxygen atoms in total. The van der Waals surface area contributed by atoms with Crippen molar-refractivity contribution < 1.29 is 32.2 Å². The van der Waals surface area contributed by atoms with Crippen molar-refractivity contribution in [1.29, 1.82) is 0 Å². The van der Waals surface area contributed by atoms with E-state index in [4.69, 9.17) is 4.74 Å². The molecule has 0 radical (unpaired) electrons. The summed E-state index contributed by atoms with van der Waals surface area (Å²) in [5, 5.41) is 5.04. The summed E-state index contributed by atoms with van der Waals surface area (Å²) < 4.78 is 45.4. The highest BCUT2D eigenvalue weighted by atomic mass is 19.4. The van der Waals surface area contributed by atoms with Crippen LogP contribution in [0.5, 0.6) is 5.75 Å². The summed E-state index contributed by atoms with van der Waals surface area (Å²) in [7, 11) is 0. The molecule has 0 aliphatic heterocycles. The third kappa shape index (κ3) is 6.89. The van der Waals surface area contributed by atoms with E-state index in [0.717, 1.165) is 6.07 Å². The molecule has 0 aliphatic carbocycles. The van der Waals surface area contributed by atoms with E-state index >= 15 is 0 Å². The van der Waals surface area contributed by atoms with Crippen LogP contribution in [0.25, 0.3) is 0 Å². The first-order valence-electron chi connectivity index (χ1n) is 7.93. The van der Waals surface area contributed by atoms with E-state index in [9.17, 15) is 22.8 Å². The molecule has 0 bridgehead atoms. The van der Waals surface area contributed by atoms with Gasteiger partial charge in [0.25, 0.3) is 0 Å². The van der Waals surface area contributed by atoms with Crippen LogP contribution in [0.4, 0.5) is 23.7 Å². The Hall–Kier alpha value is -3.23. The first-order valence-corrected chi connectivity index (χ1v) is 7.93. The van der Waals surface area contributed by atoms with E-state index in [1.54, 1.807) is 31.2 Å². The number of carbonyl (C=O) groups is 2. The van der Waals surface area contributed by atoms with Crippen LogP contribution >= 0.6 is 0 Å². The maximum absolute atomic E-state index is 12.2. The maximum Gasteiger partial charge on any atom is 0.573 e. The molecular formula is C18H17F3N2O4. The summed E-state index contributed by atoms with van der Waals surface area (Å²) in [5.41, 5.74) is 1.08. The molecule has 0 heterocycles. The predicted octanol–water partition coefficient (Wildman–Crippen LogP) is 4.08. The molecule has 0 aromatic heterocycles. The summed E-state index contributed by atoms with van der Waals surface area (Å²) in [4.78, 5) is 23.6. The van der Waals surface area contributed by atoms with Crippen LogP contribution in [0.2, 0.25) is 0 Å². The molecule has 2 aromatic carbocycles. The molecule has 27 heavy (non-hydrogen) atoms. The van der Waals surface area contributed by atoms with Gasteiger partial charge in [0, 0.05) is 12.2 Å². The van der Waals surface area contributed by atoms with Crippen LogP contribution in [0.3, 0.4) is 0 Å². The van der Waals surface area contributed by atoms with Crippen molar-refractivity contribution in [2.75, 3.05) is 11.9 Å². The lowest BCUT2D eigenvalue weighted by atomic mass is 10.2. The van der Waals surface area contributed by atoms with Gasteiger partial charge in [0.15, 0.2) is 0 Å². The molecule has 0 saturated carbocycles. The number of ether oxygens (including phenoxy) is 2. The molecule has 2 amide bonds. The van der Waals surface area contributed by atoms with E-state index < -0.39 is 18.4 Å². The highest BCUT2D eigenvalue weighted by Gasteiger charge is 2.31. The average molecular weight is 382 g/mol. The summed E-state index contributed by atoms with van der Waals surface area (Å²) in [6.07, 6.45) is -4.78. The van der Waals surface area contributed by atoms with Crippen LogP contribution in [-0.2, 0) is 11.3 Å². The number of carbonyl (C=O) groups excluding carboxylic acids is 2. The number of rotatable bonds is 6. The number of hydrogen-bond donors (Lipinski definition) is 2. The highest BCUT2D eigenvalue weighted by molar-refractivity contribution is 5.93. The van der Waals surface area contributed by atoms with Crippen molar-refractivity contribution in [2.45, 2.75) is 19.8 Å². The fraction of sp³-hybridized carbons (Fsp3) is 0.222. The van der Waals surface area contributed by atoms with E-state index in [-0.39, 0.29) is 24.5 Å². The summed E-state index contributed by atoms with van der Waals surface area (Å²) in [6, 6.07) is 10.9. The number of urea groups is 1. The Labute approximate surface area is 153 Å². The van der Waals surface area contributed by atoms with Crippen molar-refractivity contribution in [3.05, 3.63) is 59.7 Å². The standard InChI is InChI=1S/C18H17F3N2O4/c1-2-26-16(24)13-6-4-7-14(10-13)23-17(25)22-11-12-5-3-8-15(9-12)27-18(19,20)21/h3-10H,2,11H2,1H3,(H2,22,23,25). The first-order chi connectivity index (χ1) is 12.8. The molecule has 144 valence electrons. The Morgan fingerprint density at radius 3 is 2.52 bits per heavy atom. The van der Waals surface area contributed by atoms with E-state index in [0.29, 0.717) is 11.3 Å². The van der Waals surface area contributed by atoms with E-state index in [2.05, 4.69) is 15.4 Å². The van der Waals surface area contributed by atoms with Gasteiger partial charge in [-0.25, -0.2) is 9.59 Å². The largest absolute Gasteiger partial charge is 0.573 e. The lowest BCUT2D eigenvalue weighted by molar-refractivity contribution is -0.274. The molecule has 2 aromatic rings. The molecule has 0 spiro atoms. The quantitative estimate of drug-likeness (QED) is 0.738. The van der Waals surface area contributed by atoms with Gasteiger partial charge >= 0.3 is 18.4 Å². The molecular weight excluding hydrogens is 365 g/mol. The number of anilines is 1. The molecule has 0 atom stereocenters. The molecule has 9 heteroatoms. The number of benzene rings is 2. The normalized spacial score (nSPS) is 10.8. The van der Waals surface area contributed by atoms with Gasteiger partial charge in [-0.2, -0.15) is 0 Å². The topological polar surface area (TPSA) is 76.7 Å². The second kappa shape index (κ2) is 8.93. The molecule has 2 rings (SSSR count). The lowest BCUT2D eigenvalue weighted by Gasteiger charge is -2.11. The van der Waals surface area contributed by atoms with Gasteiger partial charge in [0.2, 0.25) is 0 Å². The minimum absolute atomic E-state index is 0.0154. The second-order valence-corrected chi connectivity index (χ2v) is 5.30. The highest BCUT2D eigenvalue weighted by Crippen LogP contribution is 2.23. The number of alkyl halides is 3. The summed E-state index contributed by atoms with van der Waals surface area (Å²) >= 11 is 0. The average Bonchev–Trinajstić information content (AvgIpc) is 2.59. The molecule has 0 fully saturated rings. The second-order valence-electron chi connectivity index (χ2n) is 5.30. The Kier molecular flexibility index (Phi) is 6.64. The third-order valence-corrected chi connectivity index (χ3v) is 3.22. The van der Waals surface area contributed by atoms with Gasteiger partial charge in [-0.15, -0.1) is 13.2 Å². The van der Waals surface area contributed by atoms with Gasteiger partial charge in [0.1, 0.15) is 5.75 Å². The Morgan fingerprint density at radius 1 is 1.07 bits per heavy atom. The van der Waals surface area contributed by atoms with Crippen LogP contribution in [-0.4, -0.2) is 25.0 Å². The van der Waals surface area contributed by atoms with Crippen LogP contribution < -0.4 is 15.4 Å². The van der Waals surface area contributed by atoms with Crippen LogP contribution in [0, 0.1) is 0 Å². The summed E-state index contributed by atoms with van der Waals surface area (Å²) in [5.74, 6) is -0.882. The zero-order valence-electron chi connectivity index (χ0n) is 14.3. The van der Waals surface area contributed by atoms with Gasteiger partial charge < -0.3 is 20.1 Å². The molecule has 0 saturated heterocycles. The number of halogens is 3.